The third-order valence-electron chi connectivity index (χ3n) is 5.10. The van der Waals surface area contributed by atoms with Gasteiger partial charge in [0.1, 0.15) is 24.0 Å². The van der Waals surface area contributed by atoms with Gasteiger partial charge in [0, 0.05) is 25.0 Å². The molecule has 0 aliphatic carbocycles. The standard InChI is InChI=1S/C19H27N9S.HI/c1-13-22-18-16(7-4-10-28(18)26-13)23-19(20-9-8-15-6-5-11-29-15)21-12-17-25-24-14(2)27(17)3;/h5-6,11,16H,4,7-10,12H2,1-3H3,(H2,20,21,23);1H. The van der Waals surface area contributed by atoms with E-state index in [1.165, 1.54) is 4.88 Å². The van der Waals surface area contributed by atoms with Crippen molar-refractivity contribution in [3.63, 3.8) is 0 Å². The molecule has 0 radical (unpaired) electrons. The van der Waals surface area contributed by atoms with Gasteiger partial charge in [0.25, 0.3) is 0 Å². The molecule has 0 fully saturated rings. The first-order valence-electron chi connectivity index (χ1n) is 9.93. The van der Waals surface area contributed by atoms with Crippen LogP contribution in [-0.2, 0) is 26.6 Å². The molecule has 30 heavy (non-hydrogen) atoms. The minimum atomic E-state index is 0. The first-order valence-corrected chi connectivity index (χ1v) is 10.8. The molecule has 0 bridgehead atoms. The second-order valence-electron chi connectivity index (χ2n) is 7.22. The molecule has 0 saturated heterocycles. The molecular formula is C19H28IN9S. The molecule has 3 aromatic rings. The number of nitrogens with one attached hydrogen (secondary N) is 2. The van der Waals surface area contributed by atoms with Crippen LogP contribution >= 0.6 is 35.3 Å². The van der Waals surface area contributed by atoms with Gasteiger partial charge in [0.15, 0.2) is 11.8 Å². The number of nitrogens with zero attached hydrogens (tertiary/aromatic N) is 7. The molecule has 1 unspecified atom stereocenters. The fraction of sp³-hybridized carbons (Fsp3) is 0.526. The predicted octanol–water partition coefficient (Wildman–Crippen LogP) is 2.52. The van der Waals surface area contributed by atoms with Gasteiger partial charge in [-0.15, -0.1) is 45.5 Å². The summed E-state index contributed by atoms with van der Waals surface area (Å²) in [5.41, 5.74) is 0. The molecule has 3 aromatic heterocycles. The number of guanidine groups is 1. The van der Waals surface area contributed by atoms with Crippen LogP contribution < -0.4 is 10.6 Å². The van der Waals surface area contributed by atoms with Gasteiger partial charge < -0.3 is 15.2 Å². The SMILES string of the molecule is Cc1nc2n(n1)CCCC2NC(=NCc1nnc(C)n1C)NCCc1cccs1.I. The molecule has 9 nitrogen and oxygen atoms in total. The lowest BCUT2D eigenvalue weighted by atomic mass is 10.1. The van der Waals surface area contributed by atoms with Crippen LogP contribution in [0.5, 0.6) is 0 Å². The lowest BCUT2D eigenvalue weighted by molar-refractivity contribution is 0.397. The Morgan fingerprint density at radius 2 is 2.20 bits per heavy atom. The maximum absolute atomic E-state index is 4.78. The van der Waals surface area contributed by atoms with Crippen LogP contribution in [0.25, 0.3) is 0 Å². The van der Waals surface area contributed by atoms with E-state index in [0.717, 1.165) is 61.6 Å². The molecule has 0 aromatic carbocycles. The molecule has 1 aliphatic heterocycles. The first-order chi connectivity index (χ1) is 14.1. The maximum atomic E-state index is 4.78. The average Bonchev–Trinajstić information content (AvgIpc) is 3.42. The molecule has 0 saturated carbocycles. The van der Waals surface area contributed by atoms with E-state index in [4.69, 9.17) is 4.99 Å². The van der Waals surface area contributed by atoms with Crippen LogP contribution in [0.4, 0.5) is 0 Å². The second kappa shape index (κ2) is 10.3. The van der Waals surface area contributed by atoms with Crippen LogP contribution in [0.2, 0.25) is 0 Å². The molecule has 162 valence electrons. The van der Waals surface area contributed by atoms with E-state index in [2.05, 4.69) is 48.4 Å². The summed E-state index contributed by atoms with van der Waals surface area (Å²) in [6.45, 7) is 6.07. The summed E-state index contributed by atoms with van der Waals surface area (Å²) in [5.74, 6) is 4.28. The van der Waals surface area contributed by atoms with Crippen molar-refractivity contribution in [3.05, 3.63) is 45.7 Å². The van der Waals surface area contributed by atoms with Gasteiger partial charge in [-0.25, -0.2) is 14.7 Å². The third kappa shape index (κ3) is 5.36. The van der Waals surface area contributed by atoms with Crippen molar-refractivity contribution in [1.29, 1.82) is 0 Å². The van der Waals surface area contributed by atoms with Gasteiger partial charge >= 0.3 is 0 Å². The van der Waals surface area contributed by atoms with Gasteiger partial charge in [0.2, 0.25) is 0 Å². The third-order valence-corrected chi connectivity index (χ3v) is 6.03. The minimum absolute atomic E-state index is 0. The van der Waals surface area contributed by atoms with E-state index < -0.39 is 0 Å². The molecular weight excluding hydrogens is 513 g/mol. The molecule has 0 amide bonds. The molecule has 2 N–H and O–H groups in total. The molecule has 11 heteroatoms. The average molecular weight is 541 g/mol. The fourth-order valence-electron chi connectivity index (χ4n) is 3.42. The largest absolute Gasteiger partial charge is 0.356 e. The highest BCUT2D eigenvalue weighted by molar-refractivity contribution is 14.0. The zero-order valence-corrected chi connectivity index (χ0v) is 20.6. The van der Waals surface area contributed by atoms with Gasteiger partial charge in [-0.05, 0) is 44.6 Å². The quantitative estimate of drug-likeness (QED) is 0.283. The highest BCUT2D eigenvalue weighted by Gasteiger charge is 2.24. The Kier molecular flexibility index (Phi) is 7.81. The van der Waals surface area contributed by atoms with Gasteiger partial charge in [0.05, 0.1) is 6.04 Å². The Labute approximate surface area is 197 Å². The van der Waals surface area contributed by atoms with E-state index >= 15 is 0 Å². The molecule has 4 rings (SSSR count). The molecule has 4 heterocycles. The topological polar surface area (TPSA) is 97.8 Å². The van der Waals surface area contributed by atoms with Crippen molar-refractivity contribution >= 4 is 41.3 Å². The van der Waals surface area contributed by atoms with Crippen LogP contribution in [0.15, 0.2) is 22.5 Å². The smallest absolute Gasteiger partial charge is 0.192 e. The summed E-state index contributed by atoms with van der Waals surface area (Å²) in [6.07, 6.45) is 3.03. The highest BCUT2D eigenvalue weighted by Crippen LogP contribution is 2.22. The Balaban J connectivity index is 0.00000256. The minimum Gasteiger partial charge on any atom is -0.356 e. The van der Waals surface area contributed by atoms with Crippen molar-refractivity contribution in [2.24, 2.45) is 12.0 Å². The molecule has 0 spiro atoms. The summed E-state index contributed by atoms with van der Waals surface area (Å²) in [4.78, 5) is 10.8. The summed E-state index contributed by atoms with van der Waals surface area (Å²) < 4.78 is 3.97. The fourth-order valence-corrected chi connectivity index (χ4v) is 4.13. The number of hydrogen-bond donors (Lipinski definition) is 2. The Hall–Kier alpha value is -2.02. The number of aryl methyl sites for hydroxylation is 3. The monoisotopic (exact) mass is 541 g/mol. The van der Waals surface area contributed by atoms with E-state index in [1.54, 1.807) is 11.3 Å². The number of rotatable bonds is 6. The van der Waals surface area contributed by atoms with Crippen LogP contribution in [0.1, 0.15) is 47.1 Å². The molecule has 1 aliphatic rings. The van der Waals surface area contributed by atoms with Gasteiger partial charge in [-0.3, -0.25) is 0 Å². The summed E-state index contributed by atoms with van der Waals surface area (Å²) in [6, 6.07) is 4.34. The number of hydrogen-bond acceptors (Lipinski definition) is 6. The molecule has 1 atom stereocenters. The summed E-state index contributed by atoms with van der Waals surface area (Å²) in [5, 5.41) is 22.0. The highest BCUT2D eigenvalue weighted by atomic mass is 127. The van der Waals surface area contributed by atoms with Crippen LogP contribution in [0.3, 0.4) is 0 Å². The Morgan fingerprint density at radius 1 is 1.33 bits per heavy atom. The van der Waals surface area contributed by atoms with Crippen molar-refractivity contribution in [2.45, 2.75) is 52.2 Å². The number of aliphatic imine (C=N–C) groups is 1. The lowest BCUT2D eigenvalue weighted by Crippen LogP contribution is -2.42. The van der Waals surface area contributed by atoms with Gasteiger partial charge in [-0.2, -0.15) is 5.10 Å². The second-order valence-corrected chi connectivity index (χ2v) is 8.26. The number of aromatic nitrogens is 6. The number of fused-ring (bicyclic) bond motifs is 1. The van der Waals surface area contributed by atoms with Crippen molar-refractivity contribution in [2.75, 3.05) is 6.54 Å². The number of thiophene rings is 1. The zero-order chi connectivity index (χ0) is 20.2. The summed E-state index contributed by atoms with van der Waals surface area (Å²) in [7, 11) is 1.96. The van der Waals surface area contributed by atoms with Gasteiger partial charge in [-0.1, -0.05) is 6.07 Å². The summed E-state index contributed by atoms with van der Waals surface area (Å²) >= 11 is 1.78. The van der Waals surface area contributed by atoms with E-state index in [0.29, 0.717) is 6.54 Å². The Morgan fingerprint density at radius 3 is 2.93 bits per heavy atom. The Bertz CT molecular complexity index is 976. The number of halogens is 1. The van der Waals surface area contributed by atoms with Crippen molar-refractivity contribution < 1.29 is 0 Å². The van der Waals surface area contributed by atoms with Crippen LogP contribution in [-0.4, -0.2) is 42.0 Å². The maximum Gasteiger partial charge on any atom is 0.192 e. The predicted molar refractivity (Wildman–Crippen MR) is 128 cm³/mol. The van der Waals surface area contributed by atoms with Crippen LogP contribution in [0, 0.1) is 13.8 Å². The van der Waals surface area contributed by atoms with E-state index in [-0.39, 0.29) is 30.0 Å². The van der Waals surface area contributed by atoms with E-state index in [9.17, 15) is 0 Å². The van der Waals surface area contributed by atoms with Crippen molar-refractivity contribution in [3.8, 4) is 0 Å². The zero-order valence-electron chi connectivity index (χ0n) is 17.5. The van der Waals surface area contributed by atoms with E-state index in [1.807, 2.05) is 30.1 Å². The first kappa shape index (κ1) is 22.7. The lowest BCUT2D eigenvalue weighted by Gasteiger charge is -2.25. The van der Waals surface area contributed by atoms with Crippen molar-refractivity contribution in [1.82, 2.24) is 40.2 Å². The normalized spacial score (nSPS) is 16.1.